The Labute approximate surface area is 141 Å². The van der Waals surface area contributed by atoms with Crippen molar-refractivity contribution in [3.63, 3.8) is 0 Å². The van der Waals surface area contributed by atoms with E-state index in [1.807, 2.05) is 24.3 Å². The molecule has 0 saturated carbocycles. The van der Waals surface area contributed by atoms with Crippen molar-refractivity contribution in [2.75, 3.05) is 19.4 Å². The molecule has 2 aromatic carbocycles. The number of hydrogen-bond donors (Lipinski definition) is 1. The molecule has 0 spiro atoms. The van der Waals surface area contributed by atoms with Gasteiger partial charge in [0.25, 0.3) is 11.6 Å². The molecule has 0 heterocycles. The quantitative estimate of drug-likeness (QED) is 0.651. The van der Waals surface area contributed by atoms with E-state index in [2.05, 4.69) is 12.2 Å². The number of rotatable bonds is 6. The van der Waals surface area contributed by atoms with E-state index >= 15 is 0 Å². The van der Waals surface area contributed by atoms with Crippen molar-refractivity contribution >= 4 is 17.3 Å². The minimum atomic E-state index is -0.494. The van der Waals surface area contributed by atoms with Gasteiger partial charge in [-0.2, -0.15) is 0 Å². The SMILES string of the molecule is CCc1ccc(CN(C)C(=O)c2ccc(NC)c([N+](=O)[O-])c2)cc1. The zero-order valence-corrected chi connectivity index (χ0v) is 14.1. The molecular weight excluding hydrogens is 306 g/mol. The van der Waals surface area contributed by atoms with Gasteiger partial charge in [-0.1, -0.05) is 31.2 Å². The molecule has 0 aliphatic heterocycles. The van der Waals surface area contributed by atoms with Crippen molar-refractivity contribution in [1.82, 2.24) is 4.90 Å². The van der Waals surface area contributed by atoms with Gasteiger partial charge < -0.3 is 10.2 Å². The first-order chi connectivity index (χ1) is 11.5. The van der Waals surface area contributed by atoms with E-state index < -0.39 is 4.92 Å². The number of amides is 1. The van der Waals surface area contributed by atoms with Gasteiger partial charge in [-0.05, 0) is 29.7 Å². The lowest BCUT2D eigenvalue weighted by atomic mass is 10.1. The van der Waals surface area contributed by atoms with E-state index in [-0.39, 0.29) is 11.6 Å². The fraction of sp³-hybridized carbons (Fsp3) is 0.278. The smallest absolute Gasteiger partial charge is 0.293 e. The molecule has 1 N–H and O–H groups in total. The normalized spacial score (nSPS) is 10.3. The Morgan fingerprint density at radius 3 is 2.33 bits per heavy atom. The van der Waals surface area contributed by atoms with Gasteiger partial charge in [-0.15, -0.1) is 0 Å². The molecule has 0 bridgehead atoms. The van der Waals surface area contributed by atoms with E-state index in [4.69, 9.17) is 0 Å². The van der Waals surface area contributed by atoms with Crippen LogP contribution in [0.5, 0.6) is 0 Å². The molecule has 0 aromatic heterocycles. The second-order valence-electron chi connectivity index (χ2n) is 5.57. The summed E-state index contributed by atoms with van der Waals surface area (Å²) in [6, 6.07) is 12.5. The van der Waals surface area contributed by atoms with Crippen LogP contribution in [0, 0.1) is 10.1 Å². The highest BCUT2D eigenvalue weighted by atomic mass is 16.6. The van der Waals surface area contributed by atoms with E-state index in [1.165, 1.54) is 11.6 Å². The van der Waals surface area contributed by atoms with Gasteiger partial charge in [0.2, 0.25) is 0 Å². The predicted molar refractivity (Wildman–Crippen MR) is 94.3 cm³/mol. The summed E-state index contributed by atoms with van der Waals surface area (Å²) < 4.78 is 0. The molecule has 24 heavy (non-hydrogen) atoms. The van der Waals surface area contributed by atoms with Crippen LogP contribution < -0.4 is 5.32 Å². The van der Waals surface area contributed by atoms with Gasteiger partial charge in [-0.25, -0.2) is 0 Å². The van der Waals surface area contributed by atoms with Crippen LogP contribution in [-0.2, 0) is 13.0 Å². The number of carbonyl (C=O) groups is 1. The minimum Gasteiger partial charge on any atom is -0.383 e. The summed E-state index contributed by atoms with van der Waals surface area (Å²) in [5, 5.41) is 13.9. The molecule has 1 amide bonds. The Hall–Kier alpha value is -2.89. The van der Waals surface area contributed by atoms with Gasteiger partial charge in [0.15, 0.2) is 0 Å². The predicted octanol–water partition coefficient (Wildman–Crippen LogP) is 3.47. The number of hydrogen-bond acceptors (Lipinski definition) is 4. The summed E-state index contributed by atoms with van der Waals surface area (Å²) >= 11 is 0. The second kappa shape index (κ2) is 7.59. The van der Waals surface area contributed by atoms with E-state index in [0.717, 1.165) is 12.0 Å². The molecule has 0 fully saturated rings. The summed E-state index contributed by atoms with van der Waals surface area (Å²) in [5.41, 5.74) is 2.84. The van der Waals surface area contributed by atoms with Crippen LogP contribution in [0.1, 0.15) is 28.4 Å². The lowest BCUT2D eigenvalue weighted by Crippen LogP contribution is -2.26. The first kappa shape index (κ1) is 17.5. The topological polar surface area (TPSA) is 75.5 Å². The lowest BCUT2D eigenvalue weighted by molar-refractivity contribution is -0.384. The van der Waals surface area contributed by atoms with Crippen LogP contribution in [-0.4, -0.2) is 29.8 Å². The van der Waals surface area contributed by atoms with Gasteiger partial charge >= 0.3 is 0 Å². The fourth-order valence-corrected chi connectivity index (χ4v) is 2.47. The maximum absolute atomic E-state index is 12.5. The average molecular weight is 327 g/mol. The average Bonchev–Trinajstić information content (AvgIpc) is 2.61. The van der Waals surface area contributed by atoms with Crippen molar-refractivity contribution in [3.05, 3.63) is 69.3 Å². The number of nitro benzene ring substituents is 1. The standard InChI is InChI=1S/C18H21N3O3/c1-4-13-5-7-14(8-6-13)12-20(3)18(22)15-9-10-16(19-2)17(11-15)21(23)24/h5-11,19H,4,12H2,1-3H3. The molecule has 6 heteroatoms. The first-order valence-electron chi connectivity index (χ1n) is 7.75. The zero-order chi connectivity index (χ0) is 17.7. The van der Waals surface area contributed by atoms with Crippen molar-refractivity contribution in [1.29, 1.82) is 0 Å². The Bertz CT molecular complexity index is 742. The molecular formula is C18H21N3O3. The maximum atomic E-state index is 12.5. The van der Waals surface area contributed by atoms with E-state index in [0.29, 0.717) is 17.8 Å². The van der Waals surface area contributed by atoms with Gasteiger partial charge in [0, 0.05) is 32.3 Å². The number of aryl methyl sites for hydroxylation is 1. The highest BCUT2D eigenvalue weighted by Gasteiger charge is 2.19. The van der Waals surface area contributed by atoms with Crippen molar-refractivity contribution < 1.29 is 9.72 Å². The van der Waals surface area contributed by atoms with Crippen LogP contribution in [0.15, 0.2) is 42.5 Å². The summed E-state index contributed by atoms with van der Waals surface area (Å²) in [4.78, 5) is 24.7. The molecule has 0 unspecified atom stereocenters. The van der Waals surface area contributed by atoms with Crippen LogP contribution in [0.2, 0.25) is 0 Å². The van der Waals surface area contributed by atoms with Gasteiger partial charge in [0.05, 0.1) is 4.92 Å². The monoisotopic (exact) mass is 327 g/mol. The summed E-state index contributed by atoms with van der Waals surface area (Å²) in [5.74, 6) is -0.250. The zero-order valence-electron chi connectivity index (χ0n) is 14.1. The third-order valence-electron chi connectivity index (χ3n) is 3.91. The molecule has 2 aromatic rings. The fourth-order valence-electron chi connectivity index (χ4n) is 2.47. The number of nitro groups is 1. The minimum absolute atomic E-state index is 0.107. The van der Waals surface area contributed by atoms with Crippen molar-refractivity contribution in [3.8, 4) is 0 Å². The molecule has 6 nitrogen and oxygen atoms in total. The molecule has 0 saturated heterocycles. The first-order valence-corrected chi connectivity index (χ1v) is 7.75. The summed E-state index contributed by atoms with van der Waals surface area (Å²) in [6.45, 7) is 2.54. The highest BCUT2D eigenvalue weighted by Crippen LogP contribution is 2.25. The molecule has 0 atom stereocenters. The number of anilines is 1. The number of nitrogens with one attached hydrogen (secondary N) is 1. The Balaban J connectivity index is 2.17. The third-order valence-corrected chi connectivity index (χ3v) is 3.91. The Kier molecular flexibility index (Phi) is 5.52. The van der Waals surface area contributed by atoms with Gasteiger partial charge in [0.1, 0.15) is 5.69 Å². The Morgan fingerprint density at radius 2 is 1.79 bits per heavy atom. The summed E-state index contributed by atoms with van der Waals surface area (Å²) in [6.07, 6.45) is 0.969. The van der Waals surface area contributed by atoms with Crippen molar-refractivity contribution in [2.45, 2.75) is 19.9 Å². The molecule has 126 valence electrons. The van der Waals surface area contributed by atoms with Crippen LogP contribution >= 0.6 is 0 Å². The maximum Gasteiger partial charge on any atom is 0.293 e. The number of nitrogens with zero attached hydrogens (tertiary/aromatic N) is 2. The van der Waals surface area contributed by atoms with Crippen LogP contribution in [0.3, 0.4) is 0 Å². The molecule has 0 aliphatic carbocycles. The van der Waals surface area contributed by atoms with Crippen LogP contribution in [0.4, 0.5) is 11.4 Å². The van der Waals surface area contributed by atoms with E-state index in [1.54, 1.807) is 31.1 Å². The molecule has 2 rings (SSSR count). The highest BCUT2D eigenvalue weighted by molar-refractivity contribution is 5.95. The van der Waals surface area contributed by atoms with E-state index in [9.17, 15) is 14.9 Å². The second-order valence-corrected chi connectivity index (χ2v) is 5.57. The van der Waals surface area contributed by atoms with Gasteiger partial charge in [-0.3, -0.25) is 14.9 Å². The van der Waals surface area contributed by atoms with Crippen LogP contribution in [0.25, 0.3) is 0 Å². The number of carbonyl (C=O) groups excluding carboxylic acids is 1. The van der Waals surface area contributed by atoms with Crippen molar-refractivity contribution in [2.24, 2.45) is 0 Å². The number of benzene rings is 2. The lowest BCUT2D eigenvalue weighted by Gasteiger charge is -2.18. The molecule has 0 radical (unpaired) electrons. The molecule has 0 aliphatic rings. The summed E-state index contributed by atoms with van der Waals surface area (Å²) in [7, 11) is 3.30. The Morgan fingerprint density at radius 1 is 1.17 bits per heavy atom. The third kappa shape index (κ3) is 3.90. The largest absolute Gasteiger partial charge is 0.383 e.